The Balaban J connectivity index is 1.84. The second-order valence-corrected chi connectivity index (χ2v) is 5.78. The number of hydrogen-bond donors (Lipinski definition) is 2. The first-order valence-electron chi connectivity index (χ1n) is 7.51. The molecule has 3 rings (SSSR count). The fourth-order valence-corrected chi connectivity index (χ4v) is 2.37. The van der Waals surface area contributed by atoms with E-state index < -0.39 is 6.04 Å². The molecule has 0 bridgehead atoms. The van der Waals surface area contributed by atoms with E-state index in [1.54, 1.807) is 12.1 Å². The van der Waals surface area contributed by atoms with Gasteiger partial charge in [0.1, 0.15) is 11.9 Å². The molecule has 0 saturated heterocycles. The van der Waals surface area contributed by atoms with Crippen LogP contribution in [0.15, 0.2) is 48.5 Å². The molecule has 2 aromatic rings. The van der Waals surface area contributed by atoms with Crippen molar-refractivity contribution in [2.45, 2.75) is 31.8 Å². The van der Waals surface area contributed by atoms with Gasteiger partial charge >= 0.3 is 0 Å². The second-order valence-electron chi connectivity index (χ2n) is 5.78. The molecular formula is C18H19FN2O. The van der Waals surface area contributed by atoms with Gasteiger partial charge < -0.3 is 10.6 Å². The Morgan fingerprint density at radius 3 is 2.55 bits per heavy atom. The minimum absolute atomic E-state index is 0.0735. The van der Waals surface area contributed by atoms with Crippen LogP contribution in [-0.2, 0) is 4.79 Å². The maximum Gasteiger partial charge on any atom is 0.247 e. The van der Waals surface area contributed by atoms with Crippen molar-refractivity contribution in [3.63, 3.8) is 0 Å². The highest BCUT2D eigenvalue weighted by atomic mass is 19.1. The molecule has 1 saturated carbocycles. The smallest absolute Gasteiger partial charge is 0.247 e. The van der Waals surface area contributed by atoms with E-state index in [9.17, 15) is 9.18 Å². The summed E-state index contributed by atoms with van der Waals surface area (Å²) < 4.78 is 13.1. The van der Waals surface area contributed by atoms with Crippen molar-refractivity contribution in [3.05, 3.63) is 65.5 Å². The average molecular weight is 298 g/mol. The molecule has 1 atom stereocenters. The van der Waals surface area contributed by atoms with Gasteiger partial charge in [-0.25, -0.2) is 4.39 Å². The van der Waals surface area contributed by atoms with E-state index in [1.807, 2.05) is 31.2 Å². The normalized spacial score (nSPS) is 15.2. The monoisotopic (exact) mass is 298 g/mol. The molecule has 1 amide bonds. The van der Waals surface area contributed by atoms with Crippen LogP contribution in [0.1, 0.15) is 30.0 Å². The van der Waals surface area contributed by atoms with Gasteiger partial charge in [-0.15, -0.1) is 0 Å². The number of carbonyl (C=O) groups is 1. The molecule has 2 N–H and O–H groups in total. The summed E-state index contributed by atoms with van der Waals surface area (Å²) in [6, 6.07) is 13.7. The van der Waals surface area contributed by atoms with Crippen LogP contribution in [-0.4, -0.2) is 11.9 Å². The average Bonchev–Trinajstić information content (AvgIpc) is 3.30. The van der Waals surface area contributed by atoms with E-state index >= 15 is 0 Å². The van der Waals surface area contributed by atoms with Crippen LogP contribution in [0.25, 0.3) is 0 Å². The third kappa shape index (κ3) is 3.64. The summed E-state index contributed by atoms with van der Waals surface area (Å²) >= 11 is 0. The summed E-state index contributed by atoms with van der Waals surface area (Å²) in [5.41, 5.74) is 2.74. The van der Waals surface area contributed by atoms with E-state index in [1.165, 1.54) is 12.1 Å². The molecule has 4 heteroatoms. The first-order chi connectivity index (χ1) is 10.6. The number of amides is 1. The molecular weight excluding hydrogens is 279 g/mol. The van der Waals surface area contributed by atoms with Crippen molar-refractivity contribution in [2.24, 2.45) is 0 Å². The molecule has 114 valence electrons. The predicted molar refractivity (Wildman–Crippen MR) is 85.1 cm³/mol. The Labute approximate surface area is 129 Å². The van der Waals surface area contributed by atoms with Gasteiger partial charge in [-0.3, -0.25) is 4.79 Å². The minimum atomic E-state index is -0.525. The first-order valence-corrected chi connectivity index (χ1v) is 7.51. The molecule has 0 aromatic heterocycles. The van der Waals surface area contributed by atoms with Gasteiger partial charge in [-0.05, 0) is 55.2 Å². The quantitative estimate of drug-likeness (QED) is 0.886. The van der Waals surface area contributed by atoms with Crippen molar-refractivity contribution in [2.75, 3.05) is 5.32 Å². The number of halogens is 1. The molecule has 2 aromatic carbocycles. The van der Waals surface area contributed by atoms with Crippen LogP contribution in [0.4, 0.5) is 10.1 Å². The zero-order valence-electron chi connectivity index (χ0n) is 12.5. The number of aryl methyl sites for hydroxylation is 1. The lowest BCUT2D eigenvalue weighted by atomic mass is 10.1. The molecule has 1 fully saturated rings. The van der Waals surface area contributed by atoms with Gasteiger partial charge in [0.2, 0.25) is 5.91 Å². The number of hydrogen-bond acceptors (Lipinski definition) is 2. The Kier molecular flexibility index (Phi) is 4.09. The van der Waals surface area contributed by atoms with Crippen molar-refractivity contribution in [3.8, 4) is 0 Å². The fraction of sp³-hybridized carbons (Fsp3) is 0.278. The molecule has 0 aliphatic heterocycles. The summed E-state index contributed by atoms with van der Waals surface area (Å²) in [5, 5.41) is 6.26. The highest BCUT2D eigenvalue weighted by Crippen LogP contribution is 2.24. The molecule has 1 aliphatic rings. The van der Waals surface area contributed by atoms with Gasteiger partial charge in [0.15, 0.2) is 0 Å². The van der Waals surface area contributed by atoms with Crippen molar-refractivity contribution < 1.29 is 9.18 Å². The standard InChI is InChI=1S/C18H19FN2O/c1-12-3-2-4-16(11-12)20-17(18(22)21-15-9-10-15)13-5-7-14(19)8-6-13/h2-8,11,15,17,20H,9-10H2,1H3,(H,21,22)/t17-/m0/s1. The lowest BCUT2D eigenvalue weighted by Gasteiger charge is -2.20. The minimum Gasteiger partial charge on any atom is -0.370 e. The largest absolute Gasteiger partial charge is 0.370 e. The summed E-state index contributed by atoms with van der Waals surface area (Å²) in [4.78, 5) is 12.5. The predicted octanol–water partition coefficient (Wildman–Crippen LogP) is 3.57. The van der Waals surface area contributed by atoms with E-state index in [0.717, 1.165) is 29.7 Å². The lowest BCUT2D eigenvalue weighted by Crippen LogP contribution is -2.34. The van der Waals surface area contributed by atoms with Crippen LogP contribution in [0.5, 0.6) is 0 Å². The molecule has 22 heavy (non-hydrogen) atoms. The van der Waals surface area contributed by atoms with Crippen molar-refractivity contribution >= 4 is 11.6 Å². The van der Waals surface area contributed by atoms with E-state index in [-0.39, 0.29) is 17.8 Å². The third-order valence-electron chi connectivity index (χ3n) is 3.72. The molecule has 0 spiro atoms. The van der Waals surface area contributed by atoms with Crippen LogP contribution in [0.3, 0.4) is 0 Å². The van der Waals surface area contributed by atoms with Crippen LogP contribution < -0.4 is 10.6 Å². The Morgan fingerprint density at radius 1 is 1.18 bits per heavy atom. The van der Waals surface area contributed by atoms with Gasteiger partial charge in [0, 0.05) is 11.7 Å². The summed E-state index contributed by atoms with van der Waals surface area (Å²) in [7, 11) is 0. The topological polar surface area (TPSA) is 41.1 Å². The number of carbonyl (C=O) groups excluding carboxylic acids is 1. The summed E-state index contributed by atoms with van der Waals surface area (Å²) in [6.45, 7) is 2.00. The Morgan fingerprint density at radius 2 is 1.91 bits per heavy atom. The fourth-order valence-electron chi connectivity index (χ4n) is 2.37. The van der Waals surface area contributed by atoms with Crippen LogP contribution in [0.2, 0.25) is 0 Å². The Bertz CT molecular complexity index is 665. The number of rotatable bonds is 5. The van der Waals surface area contributed by atoms with Crippen LogP contribution in [0, 0.1) is 12.7 Å². The molecule has 1 aliphatic carbocycles. The van der Waals surface area contributed by atoms with E-state index in [4.69, 9.17) is 0 Å². The second kappa shape index (κ2) is 6.18. The maximum absolute atomic E-state index is 13.1. The SMILES string of the molecule is Cc1cccc(N[C@H](C(=O)NC2CC2)c2ccc(F)cc2)c1. The van der Waals surface area contributed by atoms with Crippen molar-refractivity contribution in [1.29, 1.82) is 0 Å². The van der Waals surface area contributed by atoms with Crippen LogP contribution >= 0.6 is 0 Å². The summed E-state index contributed by atoms with van der Waals surface area (Å²) in [5.74, 6) is -0.378. The van der Waals surface area contributed by atoms with Gasteiger partial charge in [0.05, 0.1) is 0 Å². The van der Waals surface area contributed by atoms with Gasteiger partial charge in [-0.1, -0.05) is 24.3 Å². The Hall–Kier alpha value is -2.36. The first kappa shape index (κ1) is 14.6. The highest BCUT2D eigenvalue weighted by molar-refractivity contribution is 5.86. The van der Waals surface area contributed by atoms with E-state index in [2.05, 4.69) is 10.6 Å². The zero-order valence-corrected chi connectivity index (χ0v) is 12.5. The van der Waals surface area contributed by atoms with Crippen molar-refractivity contribution in [1.82, 2.24) is 5.32 Å². The number of nitrogens with one attached hydrogen (secondary N) is 2. The molecule has 0 heterocycles. The summed E-state index contributed by atoms with van der Waals surface area (Å²) in [6.07, 6.45) is 2.07. The maximum atomic E-state index is 13.1. The molecule has 0 radical (unpaired) electrons. The zero-order chi connectivity index (χ0) is 15.5. The lowest BCUT2D eigenvalue weighted by molar-refractivity contribution is -0.122. The van der Waals surface area contributed by atoms with Gasteiger partial charge in [0.25, 0.3) is 0 Å². The number of anilines is 1. The third-order valence-corrected chi connectivity index (χ3v) is 3.72. The van der Waals surface area contributed by atoms with E-state index in [0.29, 0.717) is 0 Å². The molecule has 3 nitrogen and oxygen atoms in total. The highest BCUT2D eigenvalue weighted by Gasteiger charge is 2.28. The van der Waals surface area contributed by atoms with Gasteiger partial charge in [-0.2, -0.15) is 0 Å². The molecule has 0 unspecified atom stereocenters. The number of benzene rings is 2.